The number of amides is 1. The Kier molecular flexibility index (Phi) is 8.38. The van der Waals surface area contributed by atoms with Gasteiger partial charge < -0.3 is 19.7 Å². The Hall–Kier alpha value is -1.66. The Bertz CT molecular complexity index is 412. The molecule has 0 aromatic heterocycles. The molecule has 0 bridgehead atoms. The smallest absolute Gasteiger partial charge is 0.224 e. The van der Waals surface area contributed by atoms with Gasteiger partial charge >= 0.3 is 0 Å². The fourth-order valence-corrected chi connectivity index (χ4v) is 1.76. The lowest BCUT2D eigenvalue weighted by Gasteiger charge is -2.22. The summed E-state index contributed by atoms with van der Waals surface area (Å²) < 4.78 is 23.3. The van der Waals surface area contributed by atoms with Gasteiger partial charge in [0, 0.05) is 26.6 Å². The van der Waals surface area contributed by atoms with Gasteiger partial charge in [-0.15, -0.1) is 0 Å². The number of carbonyl (C=O) groups is 1. The molecule has 1 aromatic rings. The molecule has 0 aliphatic rings. The summed E-state index contributed by atoms with van der Waals surface area (Å²) >= 11 is 0. The third kappa shape index (κ3) is 7.06. The molecule has 0 saturated carbocycles. The van der Waals surface area contributed by atoms with Crippen molar-refractivity contribution in [3.8, 4) is 5.75 Å². The molecule has 5 nitrogen and oxygen atoms in total. The van der Waals surface area contributed by atoms with Crippen LogP contribution in [0.25, 0.3) is 0 Å². The van der Waals surface area contributed by atoms with E-state index >= 15 is 0 Å². The third-order valence-corrected chi connectivity index (χ3v) is 2.95. The van der Waals surface area contributed by atoms with E-state index in [9.17, 15) is 9.18 Å². The normalized spacial score (nSPS) is 10.4. The van der Waals surface area contributed by atoms with E-state index in [0.29, 0.717) is 45.0 Å². The quantitative estimate of drug-likeness (QED) is 0.707. The van der Waals surface area contributed by atoms with Gasteiger partial charge in [-0.1, -0.05) is 0 Å². The third-order valence-electron chi connectivity index (χ3n) is 2.95. The molecular weight excluding hydrogens is 275 g/mol. The number of ether oxygens (including phenoxy) is 2. The van der Waals surface area contributed by atoms with Crippen molar-refractivity contribution in [3.05, 3.63) is 30.1 Å². The van der Waals surface area contributed by atoms with Gasteiger partial charge in [-0.2, -0.15) is 0 Å². The number of carbonyl (C=O) groups excluding carboxylic acids is 1. The zero-order chi connectivity index (χ0) is 15.5. The van der Waals surface area contributed by atoms with Gasteiger partial charge in [0.05, 0.1) is 13.2 Å². The summed E-state index contributed by atoms with van der Waals surface area (Å²) in [5.74, 6) is 0.348. The maximum Gasteiger partial charge on any atom is 0.224 e. The van der Waals surface area contributed by atoms with Gasteiger partial charge in [0.25, 0.3) is 0 Å². The van der Waals surface area contributed by atoms with Crippen LogP contribution in [-0.2, 0) is 9.53 Å². The van der Waals surface area contributed by atoms with Crippen molar-refractivity contribution in [1.82, 2.24) is 10.2 Å². The van der Waals surface area contributed by atoms with Crippen molar-refractivity contribution in [2.24, 2.45) is 0 Å². The van der Waals surface area contributed by atoms with E-state index < -0.39 is 0 Å². The molecule has 21 heavy (non-hydrogen) atoms. The Labute approximate surface area is 125 Å². The molecule has 118 valence electrons. The lowest BCUT2D eigenvalue weighted by molar-refractivity contribution is -0.132. The van der Waals surface area contributed by atoms with Gasteiger partial charge in [0.2, 0.25) is 5.91 Å². The molecule has 0 spiro atoms. The average molecular weight is 298 g/mol. The first-order valence-electron chi connectivity index (χ1n) is 6.97. The summed E-state index contributed by atoms with van der Waals surface area (Å²) in [7, 11) is 3.41. The van der Waals surface area contributed by atoms with Crippen LogP contribution in [-0.4, -0.2) is 57.8 Å². The van der Waals surface area contributed by atoms with Gasteiger partial charge in [0.15, 0.2) is 0 Å². The molecule has 1 rings (SSSR count). The Balaban J connectivity index is 2.40. The highest BCUT2D eigenvalue weighted by molar-refractivity contribution is 5.76. The minimum absolute atomic E-state index is 0.0594. The molecule has 0 aliphatic carbocycles. The molecule has 0 unspecified atom stereocenters. The van der Waals surface area contributed by atoms with Crippen LogP contribution in [0.2, 0.25) is 0 Å². The van der Waals surface area contributed by atoms with E-state index in [0.717, 1.165) is 0 Å². The maximum atomic E-state index is 12.8. The molecule has 0 fully saturated rings. The average Bonchev–Trinajstić information content (AvgIpc) is 2.50. The van der Waals surface area contributed by atoms with Crippen LogP contribution < -0.4 is 10.1 Å². The standard InChI is InChI=1S/C15H23FN2O3/c1-17-8-7-15(19)18(9-11-20-2)10-12-21-14-5-3-13(16)4-6-14/h3-6,17H,7-12H2,1-2H3. The highest BCUT2D eigenvalue weighted by atomic mass is 19.1. The minimum Gasteiger partial charge on any atom is -0.492 e. The fourth-order valence-electron chi connectivity index (χ4n) is 1.76. The molecule has 1 aromatic carbocycles. The van der Waals surface area contributed by atoms with Crippen LogP contribution in [0.1, 0.15) is 6.42 Å². The molecule has 1 amide bonds. The summed E-state index contributed by atoms with van der Waals surface area (Å²) in [5, 5.41) is 2.95. The van der Waals surface area contributed by atoms with Crippen LogP contribution in [0.4, 0.5) is 4.39 Å². The molecule has 0 heterocycles. The summed E-state index contributed by atoms with van der Waals surface area (Å²) in [5.41, 5.74) is 0. The van der Waals surface area contributed by atoms with Crippen LogP contribution in [0.15, 0.2) is 24.3 Å². The van der Waals surface area contributed by atoms with E-state index in [-0.39, 0.29) is 11.7 Å². The number of rotatable bonds is 10. The fraction of sp³-hybridized carbons (Fsp3) is 0.533. The van der Waals surface area contributed by atoms with E-state index in [1.165, 1.54) is 12.1 Å². The molecule has 0 saturated heterocycles. The van der Waals surface area contributed by atoms with Gasteiger partial charge in [-0.05, 0) is 31.3 Å². The number of nitrogens with zero attached hydrogens (tertiary/aromatic N) is 1. The minimum atomic E-state index is -0.300. The van der Waals surface area contributed by atoms with Crippen molar-refractivity contribution in [3.63, 3.8) is 0 Å². The zero-order valence-electron chi connectivity index (χ0n) is 12.6. The van der Waals surface area contributed by atoms with E-state index in [1.807, 2.05) is 7.05 Å². The van der Waals surface area contributed by atoms with Crippen molar-refractivity contribution >= 4 is 5.91 Å². The summed E-state index contributed by atoms with van der Waals surface area (Å²) in [6.45, 7) is 2.50. The van der Waals surface area contributed by atoms with E-state index in [4.69, 9.17) is 9.47 Å². The van der Waals surface area contributed by atoms with Crippen molar-refractivity contribution in [2.75, 3.05) is 47.0 Å². The summed E-state index contributed by atoms with van der Waals surface area (Å²) in [6, 6.07) is 5.82. The number of hydrogen-bond acceptors (Lipinski definition) is 4. The second-order valence-corrected chi connectivity index (χ2v) is 4.53. The van der Waals surface area contributed by atoms with E-state index in [2.05, 4.69) is 5.32 Å². The van der Waals surface area contributed by atoms with Crippen LogP contribution in [0, 0.1) is 5.82 Å². The Morgan fingerprint density at radius 1 is 1.24 bits per heavy atom. The number of halogens is 1. The lowest BCUT2D eigenvalue weighted by Crippen LogP contribution is -2.38. The molecule has 1 N–H and O–H groups in total. The molecule has 0 aliphatic heterocycles. The topological polar surface area (TPSA) is 50.8 Å². The Morgan fingerprint density at radius 3 is 2.52 bits per heavy atom. The Morgan fingerprint density at radius 2 is 1.90 bits per heavy atom. The molecule has 6 heteroatoms. The van der Waals surface area contributed by atoms with Gasteiger partial charge in [-0.3, -0.25) is 4.79 Å². The van der Waals surface area contributed by atoms with Gasteiger partial charge in [0.1, 0.15) is 18.2 Å². The maximum absolute atomic E-state index is 12.8. The first kappa shape index (κ1) is 17.4. The number of nitrogens with one attached hydrogen (secondary N) is 1. The SMILES string of the molecule is CNCCC(=O)N(CCOC)CCOc1ccc(F)cc1. The predicted octanol–water partition coefficient (Wildman–Crippen LogP) is 1.29. The summed E-state index contributed by atoms with van der Waals surface area (Å²) in [4.78, 5) is 13.7. The number of hydrogen-bond donors (Lipinski definition) is 1. The van der Waals surface area contributed by atoms with Crippen LogP contribution >= 0.6 is 0 Å². The van der Waals surface area contributed by atoms with Crippen LogP contribution in [0.5, 0.6) is 5.75 Å². The molecule has 0 atom stereocenters. The highest BCUT2D eigenvalue weighted by Crippen LogP contribution is 2.10. The van der Waals surface area contributed by atoms with Crippen molar-refractivity contribution in [1.29, 1.82) is 0 Å². The second-order valence-electron chi connectivity index (χ2n) is 4.53. The predicted molar refractivity (Wildman–Crippen MR) is 78.9 cm³/mol. The number of methoxy groups -OCH3 is 1. The molecule has 0 radical (unpaired) electrons. The van der Waals surface area contributed by atoms with Crippen LogP contribution in [0.3, 0.4) is 0 Å². The number of benzene rings is 1. The first-order valence-corrected chi connectivity index (χ1v) is 6.97. The largest absolute Gasteiger partial charge is 0.492 e. The lowest BCUT2D eigenvalue weighted by atomic mass is 10.3. The second kappa shape index (κ2) is 10.1. The zero-order valence-corrected chi connectivity index (χ0v) is 12.6. The van der Waals surface area contributed by atoms with Crippen molar-refractivity contribution < 1.29 is 18.7 Å². The highest BCUT2D eigenvalue weighted by Gasteiger charge is 2.12. The molecular formula is C15H23FN2O3. The first-order chi connectivity index (χ1) is 10.2. The van der Waals surface area contributed by atoms with Gasteiger partial charge in [-0.25, -0.2) is 4.39 Å². The monoisotopic (exact) mass is 298 g/mol. The summed E-state index contributed by atoms with van der Waals surface area (Å²) in [6.07, 6.45) is 0.441. The van der Waals surface area contributed by atoms with Crippen molar-refractivity contribution in [2.45, 2.75) is 6.42 Å². The van der Waals surface area contributed by atoms with E-state index in [1.54, 1.807) is 24.1 Å².